The van der Waals surface area contributed by atoms with Gasteiger partial charge >= 0.3 is 0 Å². The number of aromatic nitrogens is 2. The summed E-state index contributed by atoms with van der Waals surface area (Å²) in [6.07, 6.45) is 6.73. The van der Waals surface area contributed by atoms with Crippen LogP contribution in [0.25, 0.3) is 0 Å². The summed E-state index contributed by atoms with van der Waals surface area (Å²) in [7, 11) is 1.61. The summed E-state index contributed by atoms with van der Waals surface area (Å²) < 4.78 is 10.1. The minimum Gasteiger partial charge on any atom is -0.383 e. The zero-order valence-electron chi connectivity index (χ0n) is 10.8. The molecule has 0 aliphatic heterocycles. The summed E-state index contributed by atoms with van der Waals surface area (Å²) in [5, 5.41) is 4.72. The number of methoxy groups -OCH3 is 1. The van der Waals surface area contributed by atoms with Crippen molar-refractivity contribution in [2.24, 2.45) is 5.73 Å². The standard InChI is InChI=1S/C12H21N3O2S/c1-16-7-10(13)12-14-11(15-17-12)8-18-9-5-3-2-4-6-9/h9-10H,2-8,13H2,1H3. The molecule has 6 heteroatoms. The van der Waals surface area contributed by atoms with Gasteiger partial charge in [0.15, 0.2) is 5.82 Å². The van der Waals surface area contributed by atoms with Crippen LogP contribution in [0.2, 0.25) is 0 Å². The highest BCUT2D eigenvalue weighted by Crippen LogP contribution is 2.29. The molecule has 1 saturated carbocycles. The fourth-order valence-corrected chi connectivity index (χ4v) is 3.32. The average molecular weight is 271 g/mol. The second kappa shape index (κ2) is 7.11. The summed E-state index contributed by atoms with van der Waals surface area (Å²) in [4.78, 5) is 4.31. The Bertz CT molecular complexity index is 353. The molecule has 1 aliphatic carbocycles. The van der Waals surface area contributed by atoms with Crippen LogP contribution in [0.3, 0.4) is 0 Å². The van der Waals surface area contributed by atoms with Crippen molar-refractivity contribution >= 4 is 11.8 Å². The summed E-state index contributed by atoms with van der Waals surface area (Å²) in [6.45, 7) is 0.400. The average Bonchev–Trinajstić information content (AvgIpc) is 2.87. The minimum absolute atomic E-state index is 0.323. The number of ether oxygens (including phenoxy) is 1. The molecule has 0 amide bonds. The van der Waals surface area contributed by atoms with Gasteiger partial charge in [0.25, 0.3) is 0 Å². The van der Waals surface area contributed by atoms with Crippen molar-refractivity contribution in [1.82, 2.24) is 10.1 Å². The number of hydrogen-bond acceptors (Lipinski definition) is 6. The van der Waals surface area contributed by atoms with Crippen LogP contribution in [0, 0.1) is 0 Å². The highest BCUT2D eigenvalue weighted by atomic mass is 32.2. The molecule has 1 unspecified atom stereocenters. The first-order valence-corrected chi connectivity index (χ1v) is 7.53. The van der Waals surface area contributed by atoms with Crippen LogP contribution < -0.4 is 5.73 Å². The Balaban J connectivity index is 1.79. The third-order valence-corrected chi connectivity index (χ3v) is 4.52. The minimum atomic E-state index is -0.323. The maximum atomic E-state index is 5.83. The topological polar surface area (TPSA) is 74.2 Å². The van der Waals surface area contributed by atoms with Crippen LogP contribution in [0.15, 0.2) is 4.52 Å². The van der Waals surface area contributed by atoms with E-state index in [4.69, 9.17) is 15.0 Å². The molecular weight excluding hydrogens is 250 g/mol. The Morgan fingerprint density at radius 2 is 2.22 bits per heavy atom. The summed E-state index contributed by atoms with van der Waals surface area (Å²) in [5.74, 6) is 2.02. The van der Waals surface area contributed by atoms with Gasteiger partial charge in [0.1, 0.15) is 6.04 Å². The lowest BCUT2D eigenvalue weighted by molar-refractivity contribution is 0.166. The predicted molar refractivity (Wildman–Crippen MR) is 71.3 cm³/mol. The number of thioether (sulfide) groups is 1. The first-order chi connectivity index (χ1) is 8.79. The van der Waals surface area contributed by atoms with Crippen LogP contribution in [-0.4, -0.2) is 29.1 Å². The van der Waals surface area contributed by atoms with Crippen LogP contribution >= 0.6 is 11.8 Å². The van der Waals surface area contributed by atoms with Crippen molar-refractivity contribution in [3.8, 4) is 0 Å². The fraction of sp³-hybridized carbons (Fsp3) is 0.833. The van der Waals surface area contributed by atoms with E-state index in [-0.39, 0.29) is 6.04 Å². The third-order valence-electron chi connectivity index (χ3n) is 3.15. The van der Waals surface area contributed by atoms with Gasteiger partial charge in [-0.3, -0.25) is 0 Å². The second-order valence-electron chi connectivity index (χ2n) is 4.68. The van der Waals surface area contributed by atoms with Crippen molar-refractivity contribution in [3.05, 3.63) is 11.7 Å². The van der Waals surface area contributed by atoms with Crippen LogP contribution in [0.1, 0.15) is 49.9 Å². The Morgan fingerprint density at radius 1 is 1.44 bits per heavy atom. The molecule has 2 rings (SSSR count). The molecular formula is C12H21N3O2S. The number of nitrogens with two attached hydrogens (primary N) is 1. The molecule has 102 valence electrons. The maximum Gasteiger partial charge on any atom is 0.245 e. The van der Waals surface area contributed by atoms with Gasteiger partial charge in [0, 0.05) is 12.4 Å². The van der Waals surface area contributed by atoms with Crippen molar-refractivity contribution in [3.63, 3.8) is 0 Å². The predicted octanol–water partition coefficient (Wildman–Crippen LogP) is 2.28. The smallest absolute Gasteiger partial charge is 0.245 e. The van der Waals surface area contributed by atoms with E-state index in [9.17, 15) is 0 Å². The van der Waals surface area contributed by atoms with E-state index < -0.39 is 0 Å². The van der Waals surface area contributed by atoms with Gasteiger partial charge < -0.3 is 15.0 Å². The van der Waals surface area contributed by atoms with Crippen molar-refractivity contribution in [2.75, 3.05) is 13.7 Å². The lowest BCUT2D eigenvalue weighted by Gasteiger charge is -2.19. The first kappa shape index (κ1) is 13.8. The van der Waals surface area contributed by atoms with E-state index in [2.05, 4.69) is 10.1 Å². The zero-order chi connectivity index (χ0) is 12.8. The normalized spacial score (nSPS) is 19.0. The Labute approximate surface area is 112 Å². The SMILES string of the molecule is COCC(N)c1nc(CSC2CCCCC2)no1. The zero-order valence-corrected chi connectivity index (χ0v) is 11.6. The van der Waals surface area contributed by atoms with Gasteiger partial charge in [-0.25, -0.2) is 0 Å². The maximum absolute atomic E-state index is 5.83. The quantitative estimate of drug-likeness (QED) is 0.855. The molecule has 0 bridgehead atoms. The Hall–Kier alpha value is -0.590. The van der Waals surface area contributed by atoms with E-state index in [1.165, 1.54) is 32.1 Å². The van der Waals surface area contributed by atoms with Gasteiger partial charge in [-0.1, -0.05) is 24.4 Å². The molecule has 0 saturated heterocycles. The molecule has 1 aromatic rings. The van der Waals surface area contributed by atoms with Gasteiger partial charge in [-0.05, 0) is 12.8 Å². The summed E-state index contributed by atoms with van der Waals surface area (Å²) >= 11 is 1.93. The van der Waals surface area contributed by atoms with E-state index in [0.717, 1.165) is 16.8 Å². The van der Waals surface area contributed by atoms with Gasteiger partial charge in [-0.2, -0.15) is 16.7 Å². The summed E-state index contributed by atoms with van der Waals surface area (Å²) in [5.41, 5.74) is 5.83. The molecule has 5 nitrogen and oxygen atoms in total. The molecule has 0 spiro atoms. The Kier molecular flexibility index (Phi) is 5.46. The molecule has 0 radical (unpaired) electrons. The monoisotopic (exact) mass is 271 g/mol. The Morgan fingerprint density at radius 3 is 2.94 bits per heavy atom. The lowest BCUT2D eigenvalue weighted by atomic mass is 10.0. The molecule has 1 atom stereocenters. The molecule has 1 aromatic heterocycles. The molecule has 0 aromatic carbocycles. The highest BCUT2D eigenvalue weighted by Gasteiger charge is 2.17. The van der Waals surface area contributed by atoms with Crippen molar-refractivity contribution in [2.45, 2.75) is 49.1 Å². The number of rotatable bonds is 6. The number of hydrogen-bond donors (Lipinski definition) is 1. The van der Waals surface area contributed by atoms with Crippen molar-refractivity contribution in [1.29, 1.82) is 0 Å². The van der Waals surface area contributed by atoms with Gasteiger partial charge in [-0.15, -0.1) is 0 Å². The highest BCUT2D eigenvalue weighted by molar-refractivity contribution is 7.99. The largest absolute Gasteiger partial charge is 0.383 e. The molecule has 1 aliphatic rings. The van der Waals surface area contributed by atoms with Crippen LogP contribution in [-0.2, 0) is 10.5 Å². The molecule has 2 N–H and O–H groups in total. The fourth-order valence-electron chi connectivity index (χ4n) is 2.15. The van der Waals surface area contributed by atoms with Crippen LogP contribution in [0.4, 0.5) is 0 Å². The van der Waals surface area contributed by atoms with E-state index >= 15 is 0 Å². The van der Waals surface area contributed by atoms with E-state index in [1.54, 1.807) is 7.11 Å². The molecule has 1 heterocycles. The molecule has 18 heavy (non-hydrogen) atoms. The van der Waals surface area contributed by atoms with E-state index in [1.807, 2.05) is 11.8 Å². The van der Waals surface area contributed by atoms with E-state index in [0.29, 0.717) is 12.5 Å². The first-order valence-electron chi connectivity index (χ1n) is 6.48. The number of nitrogens with zero attached hydrogens (tertiary/aromatic N) is 2. The molecule has 1 fully saturated rings. The van der Waals surface area contributed by atoms with Gasteiger partial charge in [0.05, 0.1) is 12.4 Å². The van der Waals surface area contributed by atoms with Gasteiger partial charge in [0.2, 0.25) is 5.89 Å². The lowest BCUT2D eigenvalue weighted by Crippen LogP contribution is -2.16. The summed E-state index contributed by atoms with van der Waals surface area (Å²) in [6, 6.07) is -0.323. The van der Waals surface area contributed by atoms with Crippen molar-refractivity contribution < 1.29 is 9.26 Å². The van der Waals surface area contributed by atoms with Crippen LogP contribution in [0.5, 0.6) is 0 Å². The third kappa shape index (κ3) is 3.96. The second-order valence-corrected chi connectivity index (χ2v) is 5.97.